The maximum absolute atomic E-state index is 9.99. The standard InChI is InChI=1S/C22H22N4/c23-9-17-13-5-1-3-7-15(13)21-20(12-26)18(10-24)14-6-2-4-8-16(14)22(21)19(17)11-25/h13-14,17-20H,1-8H2/t13-,14-,17+,18?,19?,20+/m1/s1. The van der Waals surface area contributed by atoms with E-state index < -0.39 is 11.8 Å². The number of hydrogen-bond acceptors (Lipinski definition) is 4. The van der Waals surface area contributed by atoms with Crippen molar-refractivity contribution in [3.8, 4) is 24.3 Å². The summed E-state index contributed by atoms with van der Waals surface area (Å²) in [5.41, 5.74) is 4.48. The molecule has 4 nitrogen and oxygen atoms in total. The molecule has 4 aliphatic rings. The quantitative estimate of drug-likeness (QED) is 0.645. The van der Waals surface area contributed by atoms with Gasteiger partial charge in [-0.05, 0) is 61.5 Å². The van der Waals surface area contributed by atoms with E-state index in [4.69, 9.17) is 0 Å². The van der Waals surface area contributed by atoms with Gasteiger partial charge in [-0.1, -0.05) is 24.0 Å². The number of nitriles is 4. The monoisotopic (exact) mass is 342 g/mol. The molecule has 0 spiro atoms. The summed E-state index contributed by atoms with van der Waals surface area (Å²) in [7, 11) is 0. The van der Waals surface area contributed by atoms with Crippen LogP contribution in [0.4, 0.5) is 0 Å². The van der Waals surface area contributed by atoms with Crippen LogP contribution in [0.2, 0.25) is 0 Å². The molecule has 4 aliphatic carbocycles. The van der Waals surface area contributed by atoms with Gasteiger partial charge >= 0.3 is 0 Å². The fourth-order valence-corrected chi connectivity index (χ4v) is 6.06. The minimum absolute atomic E-state index is 0.0908. The number of rotatable bonds is 0. The van der Waals surface area contributed by atoms with Gasteiger partial charge in [-0.3, -0.25) is 0 Å². The van der Waals surface area contributed by atoms with E-state index in [9.17, 15) is 21.0 Å². The van der Waals surface area contributed by atoms with Gasteiger partial charge < -0.3 is 0 Å². The Kier molecular flexibility index (Phi) is 4.31. The van der Waals surface area contributed by atoms with Crippen LogP contribution in [0.5, 0.6) is 0 Å². The van der Waals surface area contributed by atoms with Gasteiger partial charge in [0.25, 0.3) is 0 Å². The molecule has 0 amide bonds. The highest BCUT2D eigenvalue weighted by Crippen LogP contribution is 2.58. The summed E-state index contributed by atoms with van der Waals surface area (Å²) >= 11 is 0. The van der Waals surface area contributed by atoms with Gasteiger partial charge in [0.1, 0.15) is 0 Å². The summed E-state index contributed by atoms with van der Waals surface area (Å²) in [6.07, 6.45) is 7.98. The highest BCUT2D eigenvalue weighted by molar-refractivity contribution is 5.56. The van der Waals surface area contributed by atoms with E-state index in [-0.39, 0.29) is 23.7 Å². The summed E-state index contributed by atoms with van der Waals surface area (Å²) < 4.78 is 0. The Balaban J connectivity index is 2.03. The van der Waals surface area contributed by atoms with Gasteiger partial charge in [-0.15, -0.1) is 0 Å². The van der Waals surface area contributed by atoms with Gasteiger partial charge in [0.15, 0.2) is 0 Å². The van der Waals surface area contributed by atoms with E-state index in [0.29, 0.717) is 0 Å². The fraction of sp³-hybridized carbons (Fsp3) is 0.636. The molecule has 2 saturated carbocycles. The van der Waals surface area contributed by atoms with Crippen LogP contribution >= 0.6 is 0 Å². The Hall–Kier alpha value is -2.56. The van der Waals surface area contributed by atoms with Crippen molar-refractivity contribution in [2.45, 2.75) is 51.4 Å². The Morgan fingerprint density at radius 3 is 1.35 bits per heavy atom. The van der Waals surface area contributed by atoms with Gasteiger partial charge in [0.2, 0.25) is 0 Å². The molecular weight excluding hydrogens is 320 g/mol. The first-order chi connectivity index (χ1) is 12.8. The predicted octanol–water partition coefficient (Wildman–Crippen LogP) is 4.55. The van der Waals surface area contributed by atoms with E-state index in [2.05, 4.69) is 24.3 Å². The lowest BCUT2D eigenvalue weighted by atomic mass is 9.53. The first-order valence-corrected chi connectivity index (χ1v) is 9.81. The summed E-state index contributed by atoms with van der Waals surface area (Å²) in [6.45, 7) is 0. The molecule has 2 unspecified atom stereocenters. The lowest BCUT2D eigenvalue weighted by Crippen LogP contribution is -2.41. The second-order valence-electron chi connectivity index (χ2n) is 8.11. The first-order valence-electron chi connectivity index (χ1n) is 9.81. The summed E-state index contributed by atoms with van der Waals surface area (Å²) in [6, 6.07) is 9.79. The average molecular weight is 342 g/mol. The van der Waals surface area contributed by atoms with Crippen LogP contribution in [0.3, 0.4) is 0 Å². The molecule has 0 aliphatic heterocycles. The molecule has 0 aromatic carbocycles. The molecule has 0 aromatic heterocycles. The summed E-state index contributed by atoms with van der Waals surface area (Å²) in [5, 5.41) is 39.7. The zero-order valence-electron chi connectivity index (χ0n) is 14.9. The SMILES string of the molecule is N#CC1[C@H](C#N)C2=C3CCCC[C@H]3[C@H](C#N)C(C#N)C2=C2CCCC[C@H]21. The van der Waals surface area contributed by atoms with Crippen molar-refractivity contribution in [2.75, 3.05) is 0 Å². The average Bonchev–Trinajstić information content (AvgIpc) is 2.71. The maximum atomic E-state index is 9.99. The van der Waals surface area contributed by atoms with Crippen LogP contribution in [-0.4, -0.2) is 0 Å². The first kappa shape index (κ1) is 16.9. The van der Waals surface area contributed by atoms with Crippen LogP contribution < -0.4 is 0 Å². The predicted molar refractivity (Wildman–Crippen MR) is 94.4 cm³/mol. The minimum Gasteiger partial charge on any atom is -0.198 e. The van der Waals surface area contributed by atoms with Crippen molar-refractivity contribution in [3.05, 3.63) is 22.3 Å². The molecule has 26 heavy (non-hydrogen) atoms. The summed E-state index contributed by atoms with van der Waals surface area (Å²) in [4.78, 5) is 0. The zero-order chi connectivity index (χ0) is 18.3. The fourth-order valence-electron chi connectivity index (χ4n) is 6.06. The third-order valence-corrected chi connectivity index (χ3v) is 7.08. The Morgan fingerprint density at radius 1 is 0.577 bits per heavy atom. The maximum Gasteiger partial charge on any atom is 0.0879 e. The van der Waals surface area contributed by atoms with Crippen LogP contribution in [0.25, 0.3) is 0 Å². The van der Waals surface area contributed by atoms with Gasteiger partial charge in [0, 0.05) is 0 Å². The number of hydrogen-bond donors (Lipinski definition) is 0. The highest BCUT2D eigenvalue weighted by Gasteiger charge is 2.51. The third-order valence-electron chi connectivity index (χ3n) is 7.08. The second kappa shape index (κ2) is 6.63. The van der Waals surface area contributed by atoms with Crippen molar-refractivity contribution < 1.29 is 0 Å². The van der Waals surface area contributed by atoms with Crippen molar-refractivity contribution in [1.29, 1.82) is 21.0 Å². The Labute approximate surface area is 155 Å². The van der Waals surface area contributed by atoms with Gasteiger partial charge in [-0.2, -0.15) is 21.0 Å². The van der Waals surface area contributed by atoms with E-state index in [1.54, 1.807) is 0 Å². The minimum atomic E-state index is -0.437. The molecule has 2 fully saturated rings. The number of fused-ring (bicyclic) bond motifs is 3. The van der Waals surface area contributed by atoms with E-state index in [1.807, 2.05) is 0 Å². The van der Waals surface area contributed by atoms with E-state index in [0.717, 1.165) is 62.5 Å². The molecule has 0 saturated heterocycles. The molecular formula is C22H22N4. The zero-order valence-corrected chi connectivity index (χ0v) is 14.9. The molecule has 130 valence electrons. The van der Waals surface area contributed by atoms with Crippen molar-refractivity contribution in [3.63, 3.8) is 0 Å². The Morgan fingerprint density at radius 2 is 1.00 bits per heavy atom. The van der Waals surface area contributed by atoms with Gasteiger partial charge in [-0.25, -0.2) is 0 Å². The topological polar surface area (TPSA) is 95.2 Å². The molecule has 4 heteroatoms. The lowest BCUT2D eigenvalue weighted by molar-refractivity contribution is 0.266. The summed E-state index contributed by atoms with van der Waals surface area (Å²) in [5.74, 6) is -1.30. The molecule has 0 bridgehead atoms. The van der Waals surface area contributed by atoms with Crippen LogP contribution in [0, 0.1) is 80.8 Å². The number of allylic oxidation sites excluding steroid dienone is 4. The van der Waals surface area contributed by atoms with E-state index >= 15 is 0 Å². The Bertz CT molecular complexity index is 779. The van der Waals surface area contributed by atoms with Crippen molar-refractivity contribution in [1.82, 2.24) is 0 Å². The largest absolute Gasteiger partial charge is 0.198 e. The molecule has 0 radical (unpaired) electrons. The molecule has 0 N–H and O–H groups in total. The third kappa shape index (κ3) is 2.23. The molecule has 0 aromatic rings. The van der Waals surface area contributed by atoms with Crippen LogP contribution in [0.15, 0.2) is 22.3 Å². The van der Waals surface area contributed by atoms with Crippen LogP contribution in [0.1, 0.15) is 51.4 Å². The lowest BCUT2D eigenvalue weighted by Gasteiger charge is -2.47. The number of nitrogens with zero attached hydrogens (tertiary/aromatic N) is 4. The molecule has 4 rings (SSSR count). The highest BCUT2D eigenvalue weighted by atomic mass is 14.6. The van der Waals surface area contributed by atoms with Gasteiger partial charge in [0.05, 0.1) is 47.9 Å². The van der Waals surface area contributed by atoms with E-state index in [1.165, 1.54) is 11.1 Å². The van der Waals surface area contributed by atoms with Crippen molar-refractivity contribution >= 4 is 0 Å². The smallest absolute Gasteiger partial charge is 0.0879 e. The molecule has 6 atom stereocenters. The van der Waals surface area contributed by atoms with Crippen molar-refractivity contribution in [2.24, 2.45) is 35.5 Å². The molecule has 0 heterocycles. The normalized spacial score (nSPS) is 38.6. The van der Waals surface area contributed by atoms with Crippen LogP contribution in [-0.2, 0) is 0 Å². The second-order valence-corrected chi connectivity index (χ2v) is 8.11.